The second-order valence-corrected chi connectivity index (χ2v) is 5.23. The molecule has 1 aromatic carbocycles. The number of non-ortho nitro benzene ring substituents is 1. The van der Waals surface area contributed by atoms with Crippen LogP contribution in [0.15, 0.2) is 18.2 Å². The van der Waals surface area contributed by atoms with Crippen molar-refractivity contribution in [2.75, 3.05) is 5.32 Å². The van der Waals surface area contributed by atoms with Crippen molar-refractivity contribution in [3.05, 3.63) is 31.9 Å². The highest BCUT2D eigenvalue weighted by molar-refractivity contribution is 14.1. The van der Waals surface area contributed by atoms with Crippen LogP contribution in [0.1, 0.15) is 12.8 Å². The number of hydrogen-bond donors (Lipinski definition) is 2. The van der Waals surface area contributed by atoms with Crippen LogP contribution in [-0.4, -0.2) is 22.8 Å². The highest BCUT2D eigenvalue weighted by Gasteiger charge is 2.26. The molecular weight excluding hydrogens is 365 g/mol. The van der Waals surface area contributed by atoms with Gasteiger partial charge in [-0.3, -0.25) is 25.0 Å². The first-order chi connectivity index (χ1) is 8.97. The Bertz CT molecular complexity index is 561. The number of nitro groups is 1. The van der Waals surface area contributed by atoms with Gasteiger partial charge in [-0.15, -0.1) is 0 Å². The summed E-state index contributed by atoms with van der Waals surface area (Å²) in [7, 11) is 0. The van der Waals surface area contributed by atoms with Crippen molar-refractivity contribution in [2.24, 2.45) is 0 Å². The van der Waals surface area contributed by atoms with Crippen LogP contribution in [0.4, 0.5) is 11.4 Å². The van der Waals surface area contributed by atoms with Crippen molar-refractivity contribution in [3.63, 3.8) is 0 Å². The van der Waals surface area contributed by atoms with E-state index in [9.17, 15) is 19.7 Å². The van der Waals surface area contributed by atoms with Crippen LogP contribution in [-0.2, 0) is 9.59 Å². The third-order valence-electron chi connectivity index (χ3n) is 2.73. The molecule has 1 aliphatic heterocycles. The lowest BCUT2D eigenvalue weighted by atomic mass is 10.1. The van der Waals surface area contributed by atoms with Gasteiger partial charge in [-0.2, -0.15) is 0 Å². The molecule has 0 spiro atoms. The molecule has 0 aliphatic carbocycles. The zero-order valence-corrected chi connectivity index (χ0v) is 11.8. The maximum absolute atomic E-state index is 11.6. The third kappa shape index (κ3) is 3.19. The summed E-state index contributed by atoms with van der Waals surface area (Å²) in [6.07, 6.45) is 0.699. The summed E-state index contributed by atoms with van der Waals surface area (Å²) in [5.74, 6) is -0.646. The van der Waals surface area contributed by atoms with Crippen molar-refractivity contribution in [1.82, 2.24) is 5.32 Å². The quantitative estimate of drug-likeness (QED) is 0.360. The molecule has 0 aromatic heterocycles. The molecule has 1 aromatic rings. The number of imide groups is 1. The van der Waals surface area contributed by atoms with Gasteiger partial charge in [0, 0.05) is 27.8 Å². The smallest absolute Gasteiger partial charge is 0.270 e. The van der Waals surface area contributed by atoms with Crippen LogP contribution in [0, 0.1) is 13.7 Å². The minimum atomic E-state index is -0.493. The Balaban J connectivity index is 2.13. The Morgan fingerprint density at radius 2 is 2.16 bits per heavy atom. The molecule has 1 heterocycles. The highest BCUT2D eigenvalue weighted by atomic mass is 127. The lowest BCUT2D eigenvalue weighted by Gasteiger charge is -2.23. The largest absolute Gasteiger partial charge is 0.373 e. The number of carbonyl (C=O) groups is 2. The lowest BCUT2D eigenvalue weighted by Crippen LogP contribution is -2.47. The van der Waals surface area contributed by atoms with Gasteiger partial charge in [0.05, 0.1) is 4.92 Å². The fraction of sp³-hybridized carbons (Fsp3) is 0.273. The molecule has 1 atom stereocenters. The number of rotatable bonds is 3. The number of halogens is 1. The fourth-order valence-electron chi connectivity index (χ4n) is 1.75. The monoisotopic (exact) mass is 375 g/mol. The average molecular weight is 375 g/mol. The predicted molar refractivity (Wildman–Crippen MR) is 75.6 cm³/mol. The van der Waals surface area contributed by atoms with E-state index in [1.165, 1.54) is 12.1 Å². The van der Waals surface area contributed by atoms with Gasteiger partial charge >= 0.3 is 0 Å². The summed E-state index contributed by atoms with van der Waals surface area (Å²) < 4.78 is 0.650. The van der Waals surface area contributed by atoms with E-state index >= 15 is 0 Å². The number of anilines is 1. The number of amides is 2. The molecule has 1 saturated heterocycles. The maximum Gasteiger partial charge on any atom is 0.270 e. The topological polar surface area (TPSA) is 101 Å². The molecule has 0 bridgehead atoms. The molecular formula is C11H10IN3O4. The van der Waals surface area contributed by atoms with Crippen molar-refractivity contribution in [3.8, 4) is 0 Å². The van der Waals surface area contributed by atoms with Crippen molar-refractivity contribution in [2.45, 2.75) is 18.9 Å². The van der Waals surface area contributed by atoms with Crippen LogP contribution in [0.3, 0.4) is 0 Å². The van der Waals surface area contributed by atoms with Gasteiger partial charge in [0.1, 0.15) is 6.04 Å². The van der Waals surface area contributed by atoms with E-state index in [1.54, 1.807) is 6.07 Å². The first kappa shape index (κ1) is 13.7. The molecule has 2 N–H and O–H groups in total. The predicted octanol–water partition coefficient (Wildman–Crippen LogP) is 1.42. The van der Waals surface area contributed by atoms with Crippen LogP contribution < -0.4 is 10.6 Å². The van der Waals surface area contributed by atoms with E-state index in [2.05, 4.69) is 10.6 Å². The van der Waals surface area contributed by atoms with Gasteiger partial charge in [-0.1, -0.05) is 0 Å². The Morgan fingerprint density at radius 3 is 2.74 bits per heavy atom. The first-order valence-corrected chi connectivity index (χ1v) is 6.59. The Labute approximate surface area is 122 Å². The van der Waals surface area contributed by atoms with E-state index in [0.717, 1.165) is 0 Å². The molecule has 1 aliphatic rings. The Kier molecular flexibility index (Phi) is 3.98. The molecule has 19 heavy (non-hydrogen) atoms. The zero-order chi connectivity index (χ0) is 14.0. The molecule has 7 nitrogen and oxygen atoms in total. The first-order valence-electron chi connectivity index (χ1n) is 5.51. The van der Waals surface area contributed by atoms with Crippen molar-refractivity contribution < 1.29 is 14.5 Å². The van der Waals surface area contributed by atoms with Crippen molar-refractivity contribution in [1.29, 1.82) is 0 Å². The Hall–Kier alpha value is -1.71. The SMILES string of the molecule is O=C1CCC(Nc2ccc([N+](=O)[O-])cc2I)C(=O)N1. The van der Waals surface area contributed by atoms with Crippen LogP contribution in [0.5, 0.6) is 0 Å². The van der Waals surface area contributed by atoms with E-state index in [0.29, 0.717) is 15.7 Å². The number of carbonyl (C=O) groups excluding carboxylic acids is 2. The van der Waals surface area contributed by atoms with E-state index in [-0.39, 0.29) is 23.9 Å². The Morgan fingerprint density at radius 1 is 1.42 bits per heavy atom. The second-order valence-electron chi connectivity index (χ2n) is 4.07. The summed E-state index contributed by atoms with van der Waals surface area (Å²) in [5.41, 5.74) is 0.638. The number of benzene rings is 1. The number of nitro benzene ring substituents is 1. The summed E-state index contributed by atoms with van der Waals surface area (Å²) in [6.45, 7) is 0. The number of piperidine rings is 1. The third-order valence-corrected chi connectivity index (χ3v) is 3.62. The second kappa shape index (κ2) is 5.51. The van der Waals surface area contributed by atoms with E-state index < -0.39 is 11.0 Å². The van der Waals surface area contributed by atoms with Crippen LogP contribution >= 0.6 is 22.6 Å². The standard InChI is InChI=1S/C11H10IN3O4/c12-7-5-6(15(18)19)1-2-8(7)13-9-3-4-10(16)14-11(9)17/h1-2,5,9,13H,3-4H2,(H,14,16,17). The molecule has 1 unspecified atom stereocenters. The van der Waals surface area contributed by atoms with Gasteiger partial charge in [-0.25, -0.2) is 0 Å². The van der Waals surface area contributed by atoms with Crippen molar-refractivity contribution >= 4 is 45.8 Å². The minimum absolute atomic E-state index is 0.00164. The zero-order valence-electron chi connectivity index (χ0n) is 9.68. The van der Waals surface area contributed by atoms with Gasteiger partial charge in [0.15, 0.2) is 0 Å². The maximum atomic E-state index is 11.6. The number of hydrogen-bond acceptors (Lipinski definition) is 5. The lowest BCUT2D eigenvalue weighted by molar-refractivity contribution is -0.384. The van der Waals surface area contributed by atoms with Gasteiger partial charge in [0.25, 0.3) is 5.69 Å². The molecule has 0 saturated carbocycles. The summed E-state index contributed by atoms with van der Waals surface area (Å²) >= 11 is 1.96. The van der Waals surface area contributed by atoms with Gasteiger partial charge in [-0.05, 0) is 35.1 Å². The van der Waals surface area contributed by atoms with Crippen LogP contribution in [0.2, 0.25) is 0 Å². The summed E-state index contributed by atoms with van der Waals surface area (Å²) in [6, 6.07) is 3.86. The van der Waals surface area contributed by atoms with Gasteiger partial charge < -0.3 is 5.32 Å². The van der Waals surface area contributed by atoms with E-state index in [4.69, 9.17) is 0 Å². The molecule has 0 radical (unpaired) electrons. The molecule has 100 valence electrons. The highest BCUT2D eigenvalue weighted by Crippen LogP contribution is 2.25. The average Bonchev–Trinajstić information content (AvgIpc) is 2.34. The van der Waals surface area contributed by atoms with Crippen LogP contribution in [0.25, 0.3) is 0 Å². The number of nitrogens with zero attached hydrogens (tertiary/aromatic N) is 1. The molecule has 1 fully saturated rings. The fourth-order valence-corrected chi connectivity index (χ4v) is 2.41. The molecule has 2 amide bonds. The molecule has 8 heteroatoms. The van der Waals surface area contributed by atoms with E-state index in [1.807, 2.05) is 22.6 Å². The minimum Gasteiger partial charge on any atom is -0.373 e. The van der Waals surface area contributed by atoms with Gasteiger partial charge in [0.2, 0.25) is 11.8 Å². The molecule has 2 rings (SSSR count). The summed E-state index contributed by atoms with van der Waals surface area (Å²) in [5, 5.41) is 15.9. The summed E-state index contributed by atoms with van der Waals surface area (Å²) in [4.78, 5) is 32.8. The number of nitrogens with one attached hydrogen (secondary N) is 2. The normalized spacial score (nSPS) is 18.9.